The van der Waals surface area contributed by atoms with Crippen LogP contribution in [-0.2, 0) is 17.9 Å². The number of ether oxygens (including phenoxy) is 2. The first-order chi connectivity index (χ1) is 15.9. The van der Waals surface area contributed by atoms with Crippen LogP contribution < -0.4 is 20.1 Å². The maximum atomic E-state index is 12.1. The number of carbonyl (C=O) groups excluding carboxylic acids is 1. The zero-order valence-electron chi connectivity index (χ0n) is 19.6. The summed E-state index contributed by atoms with van der Waals surface area (Å²) in [4.78, 5) is 12.1. The van der Waals surface area contributed by atoms with Gasteiger partial charge in [0.25, 0.3) is 0 Å². The second-order valence-corrected chi connectivity index (χ2v) is 9.24. The molecule has 1 amide bonds. The summed E-state index contributed by atoms with van der Waals surface area (Å²) in [7, 11) is 1.64. The summed E-state index contributed by atoms with van der Waals surface area (Å²) in [6.07, 6.45) is 0.503. The predicted octanol–water partition coefficient (Wildman–Crippen LogP) is 6.94. The van der Waals surface area contributed by atoms with Crippen molar-refractivity contribution < 1.29 is 14.3 Å². The summed E-state index contributed by atoms with van der Waals surface area (Å²) in [6.45, 7) is 7.19. The normalized spacial score (nSPS) is 10.7. The van der Waals surface area contributed by atoms with Crippen molar-refractivity contribution in [2.75, 3.05) is 17.7 Å². The van der Waals surface area contributed by atoms with Crippen LogP contribution in [0.3, 0.4) is 0 Å². The molecule has 0 aliphatic heterocycles. The van der Waals surface area contributed by atoms with E-state index < -0.39 is 0 Å². The van der Waals surface area contributed by atoms with Crippen molar-refractivity contribution >= 4 is 33.2 Å². The van der Waals surface area contributed by atoms with Gasteiger partial charge in [0, 0.05) is 28.8 Å². The van der Waals surface area contributed by atoms with E-state index in [-0.39, 0.29) is 5.91 Å². The number of methoxy groups -OCH3 is 1. The highest BCUT2D eigenvalue weighted by Gasteiger charge is 2.12. The van der Waals surface area contributed by atoms with Gasteiger partial charge in [0.15, 0.2) is 11.5 Å². The summed E-state index contributed by atoms with van der Waals surface area (Å²) in [5.41, 5.74) is 5.07. The standard InChI is InChI=1S/C27H31BrN2O3/c1-18(2)12-27(31)30-23-11-7-10-22(14-23)29-16-21-13-25(32-4)26(15-24(21)28)33-17-20-9-6-5-8-19(20)3/h5-11,13-15,18,29H,12,16-17H2,1-4H3,(H,30,31). The topological polar surface area (TPSA) is 59.6 Å². The zero-order valence-corrected chi connectivity index (χ0v) is 21.2. The third kappa shape index (κ3) is 7.26. The monoisotopic (exact) mass is 510 g/mol. The van der Waals surface area contributed by atoms with E-state index in [0.717, 1.165) is 27.0 Å². The van der Waals surface area contributed by atoms with Crippen LogP contribution in [0.1, 0.15) is 37.0 Å². The first-order valence-corrected chi connectivity index (χ1v) is 11.8. The third-order valence-corrected chi connectivity index (χ3v) is 5.94. The van der Waals surface area contributed by atoms with Gasteiger partial charge in [-0.15, -0.1) is 0 Å². The van der Waals surface area contributed by atoms with Crippen molar-refractivity contribution in [3.8, 4) is 11.5 Å². The van der Waals surface area contributed by atoms with Crippen LogP contribution in [0, 0.1) is 12.8 Å². The molecule has 3 aromatic rings. The fourth-order valence-electron chi connectivity index (χ4n) is 3.40. The Morgan fingerprint density at radius 1 is 0.970 bits per heavy atom. The fraction of sp³-hybridized carbons (Fsp3) is 0.296. The lowest BCUT2D eigenvalue weighted by atomic mass is 10.1. The van der Waals surface area contributed by atoms with E-state index in [1.165, 1.54) is 5.56 Å². The first-order valence-electron chi connectivity index (χ1n) is 11.0. The number of carbonyl (C=O) groups is 1. The van der Waals surface area contributed by atoms with Gasteiger partial charge in [-0.1, -0.05) is 60.1 Å². The summed E-state index contributed by atoms with van der Waals surface area (Å²) in [6, 6.07) is 19.8. The molecule has 0 heterocycles. The first kappa shape index (κ1) is 24.6. The van der Waals surface area contributed by atoms with Gasteiger partial charge in [-0.3, -0.25) is 4.79 Å². The predicted molar refractivity (Wildman–Crippen MR) is 138 cm³/mol. The minimum Gasteiger partial charge on any atom is -0.493 e. The molecule has 3 rings (SSSR count). The maximum Gasteiger partial charge on any atom is 0.224 e. The molecule has 174 valence electrons. The minimum absolute atomic E-state index is 0.0240. The van der Waals surface area contributed by atoms with Crippen LogP contribution in [-0.4, -0.2) is 13.0 Å². The van der Waals surface area contributed by atoms with E-state index in [4.69, 9.17) is 9.47 Å². The highest BCUT2D eigenvalue weighted by Crippen LogP contribution is 2.34. The van der Waals surface area contributed by atoms with Gasteiger partial charge in [0.1, 0.15) is 6.61 Å². The number of hydrogen-bond donors (Lipinski definition) is 2. The molecule has 3 aromatic carbocycles. The van der Waals surface area contributed by atoms with E-state index in [1.54, 1.807) is 7.11 Å². The lowest BCUT2D eigenvalue weighted by Gasteiger charge is -2.16. The molecule has 2 N–H and O–H groups in total. The number of amides is 1. The molecule has 0 bridgehead atoms. The molecule has 0 saturated carbocycles. The molecule has 0 unspecified atom stereocenters. The number of anilines is 2. The van der Waals surface area contributed by atoms with Gasteiger partial charge in [-0.05, 0) is 59.9 Å². The molecule has 5 nitrogen and oxygen atoms in total. The smallest absolute Gasteiger partial charge is 0.224 e. The van der Waals surface area contributed by atoms with E-state index in [2.05, 4.69) is 45.6 Å². The second-order valence-electron chi connectivity index (χ2n) is 8.39. The van der Waals surface area contributed by atoms with E-state index >= 15 is 0 Å². The largest absolute Gasteiger partial charge is 0.493 e. The van der Waals surface area contributed by atoms with Crippen LogP contribution in [0.25, 0.3) is 0 Å². The number of nitrogens with one attached hydrogen (secondary N) is 2. The molecule has 0 aromatic heterocycles. The Morgan fingerprint density at radius 2 is 1.73 bits per heavy atom. The summed E-state index contributed by atoms with van der Waals surface area (Å²) < 4.78 is 12.6. The molecule has 0 radical (unpaired) electrons. The highest BCUT2D eigenvalue weighted by atomic mass is 79.9. The second kappa shape index (κ2) is 11.8. The van der Waals surface area contributed by atoms with Crippen LogP contribution >= 0.6 is 15.9 Å². The zero-order chi connectivity index (χ0) is 23.8. The molecule has 6 heteroatoms. The molecule has 0 saturated heterocycles. The number of benzene rings is 3. The van der Waals surface area contributed by atoms with Gasteiger partial charge in [-0.25, -0.2) is 0 Å². The Kier molecular flexibility index (Phi) is 8.78. The number of hydrogen-bond acceptors (Lipinski definition) is 4. The van der Waals surface area contributed by atoms with Crippen molar-refractivity contribution in [3.63, 3.8) is 0 Å². The third-order valence-electron chi connectivity index (χ3n) is 5.20. The van der Waals surface area contributed by atoms with Crippen molar-refractivity contribution in [1.29, 1.82) is 0 Å². The van der Waals surface area contributed by atoms with Crippen molar-refractivity contribution in [1.82, 2.24) is 0 Å². The average Bonchev–Trinajstić information content (AvgIpc) is 2.77. The Balaban J connectivity index is 1.66. The Labute approximate surface area is 204 Å². The lowest BCUT2D eigenvalue weighted by molar-refractivity contribution is -0.116. The average molecular weight is 511 g/mol. The fourth-order valence-corrected chi connectivity index (χ4v) is 3.86. The van der Waals surface area contributed by atoms with Gasteiger partial charge in [-0.2, -0.15) is 0 Å². The maximum absolute atomic E-state index is 12.1. The molecular weight excluding hydrogens is 480 g/mol. The molecule has 0 aliphatic rings. The summed E-state index contributed by atoms with van der Waals surface area (Å²) in [5, 5.41) is 6.37. The van der Waals surface area contributed by atoms with Crippen LogP contribution in [0.5, 0.6) is 11.5 Å². The minimum atomic E-state index is 0.0240. The van der Waals surface area contributed by atoms with Crippen molar-refractivity contribution in [2.24, 2.45) is 5.92 Å². The SMILES string of the molecule is COc1cc(CNc2cccc(NC(=O)CC(C)C)c2)c(Br)cc1OCc1ccccc1C. The number of aryl methyl sites for hydroxylation is 1. The van der Waals surface area contributed by atoms with Gasteiger partial charge >= 0.3 is 0 Å². The summed E-state index contributed by atoms with van der Waals surface area (Å²) in [5.74, 6) is 1.71. The molecule has 33 heavy (non-hydrogen) atoms. The van der Waals surface area contributed by atoms with Gasteiger partial charge in [0.05, 0.1) is 7.11 Å². The molecule has 0 spiro atoms. The van der Waals surface area contributed by atoms with E-state index in [1.807, 2.05) is 62.4 Å². The van der Waals surface area contributed by atoms with Gasteiger partial charge in [0.2, 0.25) is 5.91 Å². The number of rotatable bonds is 10. The van der Waals surface area contributed by atoms with Crippen LogP contribution in [0.2, 0.25) is 0 Å². The quantitative estimate of drug-likeness (QED) is 0.310. The van der Waals surface area contributed by atoms with E-state index in [9.17, 15) is 4.79 Å². The Hall–Kier alpha value is -2.99. The highest BCUT2D eigenvalue weighted by molar-refractivity contribution is 9.10. The Morgan fingerprint density at radius 3 is 2.45 bits per heavy atom. The number of halogens is 1. The molecule has 0 aliphatic carbocycles. The molecule has 0 atom stereocenters. The lowest BCUT2D eigenvalue weighted by Crippen LogP contribution is -2.13. The van der Waals surface area contributed by atoms with Crippen molar-refractivity contribution in [3.05, 3.63) is 81.8 Å². The van der Waals surface area contributed by atoms with Crippen LogP contribution in [0.4, 0.5) is 11.4 Å². The van der Waals surface area contributed by atoms with E-state index in [0.29, 0.717) is 37.0 Å². The van der Waals surface area contributed by atoms with Crippen molar-refractivity contribution in [2.45, 2.75) is 40.3 Å². The van der Waals surface area contributed by atoms with Gasteiger partial charge < -0.3 is 20.1 Å². The molecular formula is C27H31BrN2O3. The Bertz CT molecular complexity index is 1100. The molecule has 0 fully saturated rings. The summed E-state index contributed by atoms with van der Waals surface area (Å²) >= 11 is 3.66. The van der Waals surface area contributed by atoms with Crippen LogP contribution in [0.15, 0.2) is 65.1 Å².